The number of halogens is 3. The number of nitrogens with two attached hydrogens (primary N) is 1. The lowest BCUT2D eigenvalue weighted by Gasteiger charge is -2.11. The molecule has 2 aromatic rings. The predicted octanol–water partition coefficient (Wildman–Crippen LogP) is 3.27. The van der Waals surface area contributed by atoms with Gasteiger partial charge in [0.1, 0.15) is 5.75 Å². The Hall–Kier alpha value is -2.24. The molecule has 0 aliphatic heterocycles. The molecule has 0 fully saturated rings. The van der Waals surface area contributed by atoms with Gasteiger partial charge in [-0.3, -0.25) is 4.98 Å². The molecule has 19 heavy (non-hydrogen) atoms. The zero-order valence-electron chi connectivity index (χ0n) is 9.82. The Morgan fingerprint density at radius 2 is 2.00 bits per heavy atom. The second kappa shape index (κ2) is 5.17. The summed E-state index contributed by atoms with van der Waals surface area (Å²) < 4.78 is 40.9. The molecule has 0 aliphatic carbocycles. The van der Waals surface area contributed by atoms with Crippen LogP contribution in [0.1, 0.15) is 0 Å². The van der Waals surface area contributed by atoms with E-state index in [-0.39, 0.29) is 5.75 Å². The molecular weight excluding hydrogens is 257 g/mol. The molecule has 1 aromatic carbocycles. The maximum absolute atomic E-state index is 12.1. The third-order valence-electron chi connectivity index (χ3n) is 2.40. The third kappa shape index (κ3) is 3.61. The highest BCUT2D eigenvalue weighted by atomic mass is 19.4. The van der Waals surface area contributed by atoms with Gasteiger partial charge < -0.3 is 10.5 Å². The average Bonchev–Trinajstić information content (AvgIpc) is 2.38. The first-order chi connectivity index (χ1) is 8.96. The monoisotopic (exact) mass is 268 g/mol. The van der Waals surface area contributed by atoms with E-state index in [0.29, 0.717) is 11.3 Å². The Bertz CT molecular complexity index is 556. The number of aromatic nitrogens is 1. The van der Waals surface area contributed by atoms with Gasteiger partial charge in [-0.05, 0) is 24.3 Å². The van der Waals surface area contributed by atoms with Crippen LogP contribution in [0.4, 0.5) is 18.9 Å². The van der Waals surface area contributed by atoms with E-state index in [4.69, 9.17) is 5.73 Å². The molecule has 6 heteroatoms. The second-order valence-electron chi connectivity index (χ2n) is 3.89. The minimum Gasteiger partial charge on any atom is -0.484 e. The van der Waals surface area contributed by atoms with Gasteiger partial charge in [0, 0.05) is 29.2 Å². The fraction of sp³-hybridized carbons (Fsp3) is 0.154. The highest BCUT2D eigenvalue weighted by Crippen LogP contribution is 2.30. The number of hydrogen-bond donors (Lipinski definition) is 1. The third-order valence-corrected chi connectivity index (χ3v) is 2.40. The summed E-state index contributed by atoms with van der Waals surface area (Å²) in [5.74, 6) is 0.116. The van der Waals surface area contributed by atoms with Crippen molar-refractivity contribution in [2.75, 3.05) is 12.3 Å². The number of alkyl halides is 3. The zero-order valence-corrected chi connectivity index (χ0v) is 9.82. The van der Waals surface area contributed by atoms with E-state index in [0.717, 1.165) is 5.56 Å². The Morgan fingerprint density at radius 3 is 2.63 bits per heavy atom. The van der Waals surface area contributed by atoms with Crippen molar-refractivity contribution in [2.45, 2.75) is 6.18 Å². The van der Waals surface area contributed by atoms with Crippen LogP contribution < -0.4 is 10.5 Å². The van der Waals surface area contributed by atoms with Crippen LogP contribution >= 0.6 is 0 Å². The van der Waals surface area contributed by atoms with E-state index in [1.807, 2.05) is 0 Å². The molecule has 0 atom stereocenters. The average molecular weight is 268 g/mol. The molecule has 0 saturated carbocycles. The molecule has 0 radical (unpaired) electrons. The van der Waals surface area contributed by atoms with Crippen molar-refractivity contribution in [1.82, 2.24) is 4.98 Å². The Kier molecular flexibility index (Phi) is 3.59. The van der Waals surface area contributed by atoms with Crippen molar-refractivity contribution in [3.8, 4) is 16.9 Å². The van der Waals surface area contributed by atoms with Crippen LogP contribution in [0.25, 0.3) is 11.1 Å². The van der Waals surface area contributed by atoms with E-state index >= 15 is 0 Å². The van der Waals surface area contributed by atoms with Gasteiger partial charge in [-0.15, -0.1) is 0 Å². The summed E-state index contributed by atoms with van der Waals surface area (Å²) in [5, 5.41) is 0. The van der Waals surface area contributed by atoms with E-state index in [1.165, 1.54) is 18.2 Å². The van der Waals surface area contributed by atoms with Crippen LogP contribution in [0.3, 0.4) is 0 Å². The number of nitrogen functional groups attached to an aromatic ring is 1. The first kappa shape index (κ1) is 13.2. The quantitative estimate of drug-likeness (QED) is 0.869. The number of anilines is 1. The summed E-state index contributed by atoms with van der Waals surface area (Å²) in [6.45, 7) is -1.33. The van der Waals surface area contributed by atoms with Crippen molar-refractivity contribution >= 4 is 5.69 Å². The molecular formula is C13H11F3N2O. The van der Waals surface area contributed by atoms with Crippen LogP contribution in [0.15, 0.2) is 42.7 Å². The van der Waals surface area contributed by atoms with Crippen molar-refractivity contribution < 1.29 is 17.9 Å². The van der Waals surface area contributed by atoms with E-state index in [9.17, 15) is 13.2 Å². The normalized spacial score (nSPS) is 11.3. The van der Waals surface area contributed by atoms with E-state index in [2.05, 4.69) is 9.72 Å². The summed E-state index contributed by atoms with van der Waals surface area (Å²) in [4.78, 5) is 3.94. The first-order valence-electron chi connectivity index (χ1n) is 5.45. The number of nitrogens with zero attached hydrogens (tertiary/aromatic N) is 1. The van der Waals surface area contributed by atoms with E-state index < -0.39 is 12.8 Å². The van der Waals surface area contributed by atoms with Gasteiger partial charge in [0.15, 0.2) is 6.61 Å². The van der Waals surface area contributed by atoms with E-state index in [1.54, 1.807) is 24.5 Å². The standard InChI is InChI=1S/C13H11F3N2O/c14-13(15,16)8-19-10-3-4-12(17)11(6-10)9-2-1-5-18-7-9/h1-7H,8,17H2. The molecule has 1 heterocycles. The SMILES string of the molecule is Nc1ccc(OCC(F)(F)F)cc1-c1cccnc1. The molecule has 0 spiro atoms. The maximum atomic E-state index is 12.1. The lowest BCUT2D eigenvalue weighted by molar-refractivity contribution is -0.153. The summed E-state index contributed by atoms with van der Waals surface area (Å²) in [7, 11) is 0. The van der Waals surface area contributed by atoms with Gasteiger partial charge in [-0.25, -0.2) is 0 Å². The summed E-state index contributed by atoms with van der Waals surface area (Å²) >= 11 is 0. The van der Waals surface area contributed by atoms with Crippen molar-refractivity contribution in [2.24, 2.45) is 0 Å². The highest BCUT2D eigenvalue weighted by Gasteiger charge is 2.28. The molecule has 2 N–H and O–H groups in total. The fourth-order valence-electron chi connectivity index (χ4n) is 1.56. The van der Waals surface area contributed by atoms with Crippen LogP contribution in [0, 0.1) is 0 Å². The maximum Gasteiger partial charge on any atom is 0.422 e. The van der Waals surface area contributed by atoms with Crippen molar-refractivity contribution in [3.05, 3.63) is 42.7 Å². The molecule has 2 rings (SSSR count). The van der Waals surface area contributed by atoms with Gasteiger partial charge in [-0.2, -0.15) is 13.2 Å². The smallest absolute Gasteiger partial charge is 0.422 e. The minimum atomic E-state index is -4.37. The summed E-state index contributed by atoms with van der Waals surface area (Å²) in [5.41, 5.74) is 7.56. The Labute approximate surface area is 107 Å². The van der Waals surface area contributed by atoms with Gasteiger partial charge in [-0.1, -0.05) is 6.07 Å². The van der Waals surface area contributed by atoms with Crippen molar-refractivity contribution in [1.29, 1.82) is 0 Å². The summed E-state index contributed by atoms with van der Waals surface area (Å²) in [6, 6.07) is 7.87. The van der Waals surface area contributed by atoms with Gasteiger partial charge >= 0.3 is 6.18 Å². The van der Waals surface area contributed by atoms with Gasteiger partial charge in [0.05, 0.1) is 0 Å². The fourth-order valence-corrected chi connectivity index (χ4v) is 1.56. The molecule has 0 saturated heterocycles. The molecule has 0 aliphatic rings. The van der Waals surface area contributed by atoms with Crippen LogP contribution in [0.2, 0.25) is 0 Å². The molecule has 100 valence electrons. The minimum absolute atomic E-state index is 0.116. The number of ether oxygens (including phenoxy) is 1. The Balaban J connectivity index is 2.25. The zero-order chi connectivity index (χ0) is 13.9. The highest BCUT2D eigenvalue weighted by molar-refractivity contribution is 5.77. The number of benzene rings is 1. The molecule has 3 nitrogen and oxygen atoms in total. The van der Waals surface area contributed by atoms with Gasteiger partial charge in [0.25, 0.3) is 0 Å². The largest absolute Gasteiger partial charge is 0.484 e. The molecule has 0 unspecified atom stereocenters. The van der Waals surface area contributed by atoms with Crippen LogP contribution in [0.5, 0.6) is 5.75 Å². The topological polar surface area (TPSA) is 48.1 Å². The Morgan fingerprint density at radius 1 is 1.21 bits per heavy atom. The van der Waals surface area contributed by atoms with Gasteiger partial charge in [0.2, 0.25) is 0 Å². The number of hydrogen-bond acceptors (Lipinski definition) is 3. The summed E-state index contributed by atoms with van der Waals surface area (Å²) in [6.07, 6.45) is -1.18. The van der Waals surface area contributed by atoms with Crippen LogP contribution in [-0.2, 0) is 0 Å². The van der Waals surface area contributed by atoms with Crippen LogP contribution in [-0.4, -0.2) is 17.8 Å². The number of pyridine rings is 1. The van der Waals surface area contributed by atoms with Crippen molar-refractivity contribution in [3.63, 3.8) is 0 Å². The lowest BCUT2D eigenvalue weighted by Crippen LogP contribution is -2.19. The molecule has 0 amide bonds. The molecule has 1 aromatic heterocycles. The predicted molar refractivity (Wildman–Crippen MR) is 65.6 cm³/mol. The lowest BCUT2D eigenvalue weighted by atomic mass is 10.1. The first-order valence-corrected chi connectivity index (χ1v) is 5.45. The second-order valence-corrected chi connectivity index (χ2v) is 3.89. The number of rotatable bonds is 3. The molecule has 0 bridgehead atoms.